The second-order valence-corrected chi connectivity index (χ2v) is 7.10. The zero-order valence-corrected chi connectivity index (χ0v) is 15.6. The Kier molecular flexibility index (Phi) is 7.24. The summed E-state index contributed by atoms with van der Waals surface area (Å²) in [5.74, 6) is 0.282. The summed E-state index contributed by atoms with van der Waals surface area (Å²) < 4.78 is 10.1. The number of rotatable bonds is 8. The highest BCUT2D eigenvalue weighted by atomic mass is 16.5. The summed E-state index contributed by atoms with van der Waals surface area (Å²) >= 11 is 0. The first kappa shape index (κ1) is 19.7. The van der Waals surface area contributed by atoms with Gasteiger partial charge in [-0.15, -0.1) is 0 Å². The van der Waals surface area contributed by atoms with Crippen LogP contribution in [-0.2, 0) is 19.1 Å². The molecular weight excluding hydrogens is 320 g/mol. The monoisotopic (exact) mass is 350 g/mol. The Balaban J connectivity index is 1.81. The fraction of sp³-hybridized carbons (Fsp3) is 0.700. The van der Waals surface area contributed by atoms with Gasteiger partial charge in [-0.25, -0.2) is 0 Å². The normalized spacial score (nSPS) is 24.8. The molecule has 1 fully saturated rings. The number of ketones is 2. The molecule has 2 rings (SSSR count). The van der Waals surface area contributed by atoms with Crippen LogP contribution >= 0.6 is 0 Å². The Bertz CT molecular complexity index is 565. The number of methoxy groups -OCH3 is 2. The quantitative estimate of drug-likeness (QED) is 0.536. The highest BCUT2D eigenvalue weighted by Gasteiger charge is 2.34. The highest BCUT2D eigenvalue weighted by Crippen LogP contribution is 2.30. The summed E-state index contributed by atoms with van der Waals surface area (Å²) in [4.78, 5) is 24.8. The number of Topliss-reactive ketones (excluding diaryl/α,β-unsaturated/α-hetero) is 2. The Labute approximate surface area is 150 Å². The molecule has 5 heteroatoms. The number of aliphatic hydroxyl groups is 1. The number of hydrogen-bond acceptors (Lipinski definition) is 5. The van der Waals surface area contributed by atoms with Crippen LogP contribution in [0.1, 0.15) is 64.7 Å². The van der Waals surface area contributed by atoms with Gasteiger partial charge in [0.15, 0.2) is 0 Å². The zero-order chi connectivity index (χ0) is 18.4. The van der Waals surface area contributed by atoms with Crippen molar-refractivity contribution in [2.45, 2.75) is 70.8 Å². The van der Waals surface area contributed by atoms with E-state index in [0.29, 0.717) is 17.6 Å². The topological polar surface area (TPSA) is 72.8 Å². The lowest BCUT2D eigenvalue weighted by atomic mass is 9.84. The van der Waals surface area contributed by atoms with E-state index >= 15 is 0 Å². The largest absolute Gasteiger partial charge is 0.489 e. The van der Waals surface area contributed by atoms with Crippen molar-refractivity contribution in [2.24, 2.45) is 5.92 Å². The first-order chi connectivity index (χ1) is 12.0. The Hall–Kier alpha value is -1.62. The van der Waals surface area contributed by atoms with E-state index in [2.05, 4.69) is 0 Å². The molecule has 2 aliphatic rings. The maximum Gasteiger partial charge on any atom is 0.228 e. The van der Waals surface area contributed by atoms with E-state index in [0.717, 1.165) is 50.9 Å². The molecule has 0 atom stereocenters. The molecule has 25 heavy (non-hydrogen) atoms. The molecule has 0 heterocycles. The molecule has 2 aliphatic carbocycles. The molecule has 0 amide bonds. The predicted molar refractivity (Wildman–Crippen MR) is 94.8 cm³/mol. The van der Waals surface area contributed by atoms with Gasteiger partial charge in [-0.1, -0.05) is 19.3 Å². The lowest BCUT2D eigenvalue weighted by Gasteiger charge is -2.25. The van der Waals surface area contributed by atoms with Crippen molar-refractivity contribution in [3.05, 3.63) is 22.7 Å². The van der Waals surface area contributed by atoms with Crippen molar-refractivity contribution in [3.8, 4) is 0 Å². The van der Waals surface area contributed by atoms with Crippen molar-refractivity contribution in [1.82, 2.24) is 0 Å². The van der Waals surface area contributed by atoms with Crippen LogP contribution in [0.2, 0.25) is 0 Å². The van der Waals surface area contributed by atoms with Crippen molar-refractivity contribution in [3.63, 3.8) is 0 Å². The minimum Gasteiger partial charge on any atom is -0.489 e. The number of ether oxygens (including phenoxy) is 2. The van der Waals surface area contributed by atoms with Crippen molar-refractivity contribution < 1.29 is 24.2 Å². The van der Waals surface area contributed by atoms with Gasteiger partial charge >= 0.3 is 0 Å². The zero-order valence-electron chi connectivity index (χ0n) is 15.6. The first-order valence-corrected chi connectivity index (χ1v) is 9.29. The molecule has 5 nitrogen and oxygen atoms in total. The maximum absolute atomic E-state index is 12.5. The van der Waals surface area contributed by atoms with Gasteiger partial charge in [0, 0.05) is 11.1 Å². The molecule has 0 aromatic rings. The molecule has 0 spiro atoms. The first-order valence-electron chi connectivity index (χ1n) is 9.29. The molecule has 0 radical (unpaired) electrons. The van der Waals surface area contributed by atoms with Crippen LogP contribution in [0.4, 0.5) is 0 Å². The van der Waals surface area contributed by atoms with Gasteiger partial charge in [-0.2, -0.15) is 0 Å². The summed E-state index contributed by atoms with van der Waals surface area (Å²) in [7, 11) is 2.76. The lowest BCUT2D eigenvalue weighted by molar-refractivity contribution is -0.121. The number of carbonyl (C=O) groups is 2. The summed E-state index contributed by atoms with van der Waals surface area (Å²) in [5, 5.41) is 9.54. The molecule has 0 aromatic heterocycles. The van der Waals surface area contributed by atoms with Crippen LogP contribution < -0.4 is 0 Å². The fourth-order valence-corrected chi connectivity index (χ4v) is 3.84. The SMILES string of the molecule is COC1=C(OC)C(=O)C(CCCCCC2CCC(O)CC2)=C(C)C1=O. The Morgan fingerprint density at radius 2 is 1.52 bits per heavy atom. The second kappa shape index (κ2) is 9.18. The van der Waals surface area contributed by atoms with Crippen LogP contribution in [0.3, 0.4) is 0 Å². The second-order valence-electron chi connectivity index (χ2n) is 7.10. The minimum atomic E-state index is -0.255. The number of allylic oxidation sites excluding steroid dienone is 2. The van der Waals surface area contributed by atoms with E-state index in [9.17, 15) is 14.7 Å². The molecule has 1 N–H and O–H groups in total. The smallest absolute Gasteiger partial charge is 0.228 e. The van der Waals surface area contributed by atoms with E-state index in [1.54, 1.807) is 6.92 Å². The Morgan fingerprint density at radius 1 is 0.920 bits per heavy atom. The van der Waals surface area contributed by atoms with Crippen molar-refractivity contribution in [1.29, 1.82) is 0 Å². The number of aliphatic hydroxyl groups excluding tert-OH is 1. The predicted octanol–water partition coefficient (Wildman–Crippen LogP) is 3.46. The van der Waals surface area contributed by atoms with Crippen LogP contribution in [0.15, 0.2) is 22.7 Å². The molecule has 0 bridgehead atoms. The molecule has 0 aromatic carbocycles. The van der Waals surface area contributed by atoms with Gasteiger partial charge in [-0.3, -0.25) is 9.59 Å². The Morgan fingerprint density at radius 3 is 2.12 bits per heavy atom. The highest BCUT2D eigenvalue weighted by molar-refractivity contribution is 6.23. The summed E-state index contributed by atoms with van der Waals surface area (Å²) in [6, 6.07) is 0. The van der Waals surface area contributed by atoms with Gasteiger partial charge in [0.1, 0.15) is 0 Å². The summed E-state index contributed by atoms with van der Waals surface area (Å²) in [6.07, 6.45) is 8.87. The average Bonchev–Trinajstić information content (AvgIpc) is 2.61. The van der Waals surface area contributed by atoms with Gasteiger partial charge in [0.2, 0.25) is 23.1 Å². The standard InChI is InChI=1S/C20H30O5/c1-13-16(18(23)20(25-3)19(24-2)17(13)22)8-6-4-5-7-14-9-11-15(21)12-10-14/h14-15,21H,4-12H2,1-3H3. The number of carbonyl (C=O) groups excluding carboxylic acids is 2. The van der Waals surface area contributed by atoms with Crippen molar-refractivity contribution >= 4 is 11.6 Å². The summed E-state index contributed by atoms with van der Waals surface area (Å²) in [5.41, 5.74) is 1.03. The molecule has 1 saturated carbocycles. The number of hydrogen-bond donors (Lipinski definition) is 1. The lowest BCUT2D eigenvalue weighted by Crippen LogP contribution is -2.25. The number of unbranched alkanes of at least 4 members (excludes halogenated alkanes) is 2. The summed E-state index contributed by atoms with van der Waals surface area (Å²) in [6.45, 7) is 1.69. The molecule has 0 aliphatic heterocycles. The van der Waals surface area contributed by atoms with Crippen LogP contribution in [-0.4, -0.2) is 37.0 Å². The van der Waals surface area contributed by atoms with E-state index in [1.165, 1.54) is 20.6 Å². The van der Waals surface area contributed by atoms with Crippen LogP contribution in [0, 0.1) is 5.92 Å². The van der Waals surface area contributed by atoms with Crippen LogP contribution in [0.25, 0.3) is 0 Å². The van der Waals surface area contributed by atoms with E-state index in [-0.39, 0.29) is 29.2 Å². The van der Waals surface area contributed by atoms with Gasteiger partial charge in [0.25, 0.3) is 0 Å². The van der Waals surface area contributed by atoms with Crippen LogP contribution in [0.5, 0.6) is 0 Å². The molecule has 140 valence electrons. The van der Waals surface area contributed by atoms with Gasteiger partial charge in [0.05, 0.1) is 20.3 Å². The molecule has 0 unspecified atom stereocenters. The third kappa shape index (κ3) is 4.72. The minimum absolute atomic E-state index is 0.00763. The van der Waals surface area contributed by atoms with Gasteiger partial charge in [-0.05, 0) is 51.4 Å². The fourth-order valence-electron chi connectivity index (χ4n) is 3.84. The third-order valence-corrected chi connectivity index (χ3v) is 5.45. The van der Waals surface area contributed by atoms with Crippen molar-refractivity contribution in [2.75, 3.05) is 14.2 Å². The molecular formula is C20H30O5. The third-order valence-electron chi connectivity index (χ3n) is 5.45. The van der Waals surface area contributed by atoms with E-state index in [4.69, 9.17) is 9.47 Å². The van der Waals surface area contributed by atoms with E-state index in [1.807, 2.05) is 0 Å². The van der Waals surface area contributed by atoms with Gasteiger partial charge < -0.3 is 14.6 Å². The van der Waals surface area contributed by atoms with E-state index < -0.39 is 0 Å². The molecule has 0 saturated heterocycles. The maximum atomic E-state index is 12.5. The average molecular weight is 350 g/mol.